The third-order valence-electron chi connectivity index (χ3n) is 2.31. The molecule has 0 bridgehead atoms. The van der Waals surface area contributed by atoms with Gasteiger partial charge in [-0.1, -0.05) is 0 Å². The maximum atomic E-state index is 13.1. The summed E-state index contributed by atoms with van der Waals surface area (Å²) >= 11 is 0. The van der Waals surface area contributed by atoms with Crippen LogP contribution in [0, 0.1) is 12.7 Å². The first-order valence-electron chi connectivity index (χ1n) is 5.06. The van der Waals surface area contributed by atoms with E-state index in [4.69, 9.17) is 4.42 Å². The monoisotopic (exact) mass is 220 g/mol. The van der Waals surface area contributed by atoms with Crippen molar-refractivity contribution >= 4 is 0 Å². The summed E-state index contributed by atoms with van der Waals surface area (Å²) in [5, 5.41) is 2.99. The minimum absolute atomic E-state index is 0.217. The maximum absolute atomic E-state index is 13.1. The van der Waals surface area contributed by atoms with Crippen LogP contribution in [0.4, 0.5) is 4.39 Å². The van der Waals surface area contributed by atoms with Crippen LogP contribution in [-0.4, -0.2) is 12.0 Å². The van der Waals surface area contributed by atoms with Gasteiger partial charge in [-0.25, -0.2) is 9.37 Å². The highest BCUT2D eigenvalue weighted by Crippen LogP contribution is 2.21. The molecule has 2 rings (SSSR count). The highest BCUT2D eigenvalue weighted by atomic mass is 19.1. The molecular formula is C12H13FN2O. The lowest BCUT2D eigenvalue weighted by molar-refractivity contribution is 0.570. The van der Waals surface area contributed by atoms with Crippen molar-refractivity contribution in [2.45, 2.75) is 13.5 Å². The SMILES string of the molecule is CNCc1coc(-c2ccc(F)c(C)c2)n1. The van der Waals surface area contributed by atoms with E-state index < -0.39 is 0 Å². The first kappa shape index (κ1) is 10.8. The summed E-state index contributed by atoms with van der Waals surface area (Å²) < 4.78 is 18.4. The molecule has 84 valence electrons. The van der Waals surface area contributed by atoms with Gasteiger partial charge in [-0.2, -0.15) is 0 Å². The number of benzene rings is 1. The fourth-order valence-electron chi connectivity index (χ4n) is 1.48. The van der Waals surface area contributed by atoms with Crippen molar-refractivity contribution < 1.29 is 8.81 Å². The molecule has 0 aliphatic carbocycles. The summed E-state index contributed by atoms with van der Waals surface area (Å²) in [5.74, 6) is 0.305. The molecule has 0 atom stereocenters. The Kier molecular flexibility index (Phi) is 3.01. The van der Waals surface area contributed by atoms with E-state index in [1.807, 2.05) is 7.05 Å². The predicted molar refractivity (Wildman–Crippen MR) is 59.4 cm³/mol. The van der Waals surface area contributed by atoms with Crippen LogP contribution in [-0.2, 0) is 6.54 Å². The van der Waals surface area contributed by atoms with Crippen LogP contribution in [0.2, 0.25) is 0 Å². The summed E-state index contributed by atoms with van der Waals surface area (Å²) in [6, 6.07) is 4.81. The van der Waals surface area contributed by atoms with Crippen LogP contribution in [0.3, 0.4) is 0 Å². The smallest absolute Gasteiger partial charge is 0.226 e. The molecule has 2 aromatic rings. The van der Waals surface area contributed by atoms with Crippen molar-refractivity contribution in [3.05, 3.63) is 41.5 Å². The van der Waals surface area contributed by atoms with Crippen molar-refractivity contribution in [1.82, 2.24) is 10.3 Å². The number of rotatable bonds is 3. The first-order valence-corrected chi connectivity index (χ1v) is 5.06. The zero-order valence-electron chi connectivity index (χ0n) is 9.25. The Labute approximate surface area is 93.3 Å². The molecule has 4 heteroatoms. The normalized spacial score (nSPS) is 10.7. The minimum atomic E-state index is -0.217. The Morgan fingerprint density at radius 2 is 2.25 bits per heavy atom. The van der Waals surface area contributed by atoms with Gasteiger partial charge in [0.1, 0.15) is 12.1 Å². The maximum Gasteiger partial charge on any atom is 0.226 e. The molecule has 1 N–H and O–H groups in total. The summed E-state index contributed by atoms with van der Waals surface area (Å²) in [5.41, 5.74) is 2.21. The van der Waals surface area contributed by atoms with Gasteiger partial charge in [-0.05, 0) is 37.7 Å². The summed E-state index contributed by atoms with van der Waals surface area (Å²) in [6.07, 6.45) is 1.60. The predicted octanol–water partition coefficient (Wildman–Crippen LogP) is 2.51. The topological polar surface area (TPSA) is 38.1 Å². The van der Waals surface area contributed by atoms with Crippen LogP contribution < -0.4 is 5.32 Å². The number of hydrogen-bond donors (Lipinski definition) is 1. The number of nitrogens with zero attached hydrogens (tertiary/aromatic N) is 1. The van der Waals surface area contributed by atoms with Gasteiger partial charge in [0.25, 0.3) is 0 Å². The minimum Gasteiger partial charge on any atom is -0.444 e. The Balaban J connectivity index is 2.31. The number of aryl methyl sites for hydroxylation is 1. The van der Waals surface area contributed by atoms with Crippen molar-refractivity contribution in [2.24, 2.45) is 0 Å². The molecule has 3 nitrogen and oxygen atoms in total. The van der Waals surface area contributed by atoms with Gasteiger partial charge < -0.3 is 9.73 Å². The standard InChI is InChI=1S/C12H13FN2O/c1-8-5-9(3-4-11(8)13)12-15-10(6-14-2)7-16-12/h3-5,7,14H,6H2,1-2H3. The van der Waals surface area contributed by atoms with Crippen LogP contribution in [0.1, 0.15) is 11.3 Å². The molecule has 0 saturated heterocycles. The average Bonchev–Trinajstić information content (AvgIpc) is 2.71. The zero-order valence-corrected chi connectivity index (χ0v) is 9.25. The molecule has 16 heavy (non-hydrogen) atoms. The molecule has 0 unspecified atom stereocenters. The van der Waals surface area contributed by atoms with E-state index in [9.17, 15) is 4.39 Å². The zero-order chi connectivity index (χ0) is 11.5. The van der Waals surface area contributed by atoms with Crippen molar-refractivity contribution in [2.75, 3.05) is 7.05 Å². The molecule has 1 aromatic heterocycles. The molecule has 0 spiro atoms. The van der Waals surface area contributed by atoms with E-state index in [0.29, 0.717) is 18.0 Å². The average molecular weight is 220 g/mol. The molecule has 0 aliphatic rings. The molecule has 0 fully saturated rings. The third-order valence-corrected chi connectivity index (χ3v) is 2.31. The van der Waals surface area contributed by atoms with Crippen molar-refractivity contribution in [1.29, 1.82) is 0 Å². The molecule has 0 radical (unpaired) electrons. The lowest BCUT2D eigenvalue weighted by Crippen LogP contribution is -2.04. The molecule has 1 heterocycles. The number of nitrogens with one attached hydrogen (secondary N) is 1. The van der Waals surface area contributed by atoms with Crippen LogP contribution >= 0.6 is 0 Å². The highest BCUT2D eigenvalue weighted by Gasteiger charge is 2.07. The van der Waals surface area contributed by atoms with Crippen LogP contribution in [0.25, 0.3) is 11.5 Å². The molecule has 0 saturated carbocycles. The van der Waals surface area contributed by atoms with Crippen molar-refractivity contribution in [3.8, 4) is 11.5 Å². The molecular weight excluding hydrogens is 207 g/mol. The first-order chi connectivity index (χ1) is 7.70. The second kappa shape index (κ2) is 4.45. The number of halogens is 1. The summed E-state index contributed by atoms with van der Waals surface area (Å²) in [4.78, 5) is 4.29. The lowest BCUT2D eigenvalue weighted by atomic mass is 10.1. The van der Waals surface area contributed by atoms with Gasteiger partial charge in [0.15, 0.2) is 0 Å². The highest BCUT2D eigenvalue weighted by molar-refractivity contribution is 5.54. The second-order valence-corrected chi connectivity index (χ2v) is 3.64. The van der Waals surface area contributed by atoms with Crippen LogP contribution in [0.5, 0.6) is 0 Å². The van der Waals surface area contributed by atoms with Gasteiger partial charge in [0.05, 0.1) is 5.69 Å². The van der Waals surface area contributed by atoms with Gasteiger partial charge in [-0.15, -0.1) is 0 Å². The number of aromatic nitrogens is 1. The Morgan fingerprint density at radius 3 is 2.94 bits per heavy atom. The Hall–Kier alpha value is -1.68. The van der Waals surface area contributed by atoms with Gasteiger partial charge in [0.2, 0.25) is 5.89 Å². The van der Waals surface area contributed by atoms with Crippen LogP contribution in [0.15, 0.2) is 28.9 Å². The van der Waals surface area contributed by atoms with Crippen molar-refractivity contribution in [3.63, 3.8) is 0 Å². The van der Waals surface area contributed by atoms with Gasteiger partial charge in [-0.3, -0.25) is 0 Å². The largest absolute Gasteiger partial charge is 0.444 e. The van der Waals surface area contributed by atoms with E-state index >= 15 is 0 Å². The van der Waals surface area contributed by atoms with Gasteiger partial charge >= 0.3 is 0 Å². The van der Waals surface area contributed by atoms with E-state index in [1.165, 1.54) is 6.07 Å². The van der Waals surface area contributed by atoms with E-state index in [1.54, 1.807) is 25.3 Å². The third kappa shape index (κ3) is 2.12. The summed E-state index contributed by atoms with van der Waals surface area (Å²) in [6.45, 7) is 2.37. The molecule has 1 aromatic carbocycles. The second-order valence-electron chi connectivity index (χ2n) is 3.64. The number of oxazole rings is 1. The molecule has 0 aliphatic heterocycles. The quantitative estimate of drug-likeness (QED) is 0.863. The Bertz CT molecular complexity index is 494. The fourth-order valence-corrected chi connectivity index (χ4v) is 1.48. The van der Waals surface area contributed by atoms with E-state index in [2.05, 4.69) is 10.3 Å². The van der Waals surface area contributed by atoms with Gasteiger partial charge in [0, 0.05) is 12.1 Å². The van der Waals surface area contributed by atoms with E-state index in [-0.39, 0.29) is 5.82 Å². The summed E-state index contributed by atoms with van der Waals surface area (Å²) in [7, 11) is 1.84. The molecule has 0 amide bonds. The fraction of sp³-hybridized carbons (Fsp3) is 0.250. The van der Waals surface area contributed by atoms with E-state index in [0.717, 1.165) is 11.3 Å². The Morgan fingerprint density at radius 1 is 1.44 bits per heavy atom. The lowest BCUT2D eigenvalue weighted by Gasteiger charge is -1.98. The number of hydrogen-bond acceptors (Lipinski definition) is 3.